The Hall–Kier alpha value is -1.20. The van der Waals surface area contributed by atoms with Crippen molar-refractivity contribution in [2.45, 2.75) is 32.5 Å². The van der Waals surface area contributed by atoms with Gasteiger partial charge in [0, 0.05) is 0 Å². The summed E-state index contributed by atoms with van der Waals surface area (Å²) in [6, 6.07) is 0. The lowest BCUT2D eigenvalue weighted by Gasteiger charge is -2.18. The van der Waals surface area contributed by atoms with Crippen molar-refractivity contribution in [3.05, 3.63) is 11.8 Å². The number of allylic oxidation sites excluding steroid dienone is 1. The number of hydrogen-bond acceptors (Lipinski definition) is 3. The fourth-order valence-electron chi connectivity index (χ4n) is 0.540. The van der Waals surface area contributed by atoms with Gasteiger partial charge in [0.05, 0.1) is 6.08 Å². The number of rotatable bonds is 1. The first-order chi connectivity index (χ1) is 6.02. The largest absolute Gasteiger partial charge is 0.457 e. The van der Waals surface area contributed by atoms with Crippen molar-refractivity contribution < 1.29 is 22.7 Å². The summed E-state index contributed by atoms with van der Waals surface area (Å²) in [5, 5.41) is 0. The van der Waals surface area contributed by atoms with E-state index in [9.17, 15) is 18.0 Å². The molecule has 0 aromatic heterocycles. The van der Waals surface area contributed by atoms with Crippen LogP contribution in [0.3, 0.4) is 0 Å². The van der Waals surface area contributed by atoms with E-state index in [-0.39, 0.29) is 6.08 Å². The minimum absolute atomic E-state index is 0.227. The van der Waals surface area contributed by atoms with Gasteiger partial charge in [0.2, 0.25) is 0 Å². The second-order valence-corrected chi connectivity index (χ2v) is 3.63. The molecular weight excluding hydrogens is 199 g/mol. The van der Waals surface area contributed by atoms with Crippen LogP contribution in [0.4, 0.5) is 13.2 Å². The quantitative estimate of drug-likeness (QED) is 0.530. The number of hydrogen-bond donors (Lipinski definition) is 1. The van der Waals surface area contributed by atoms with Gasteiger partial charge in [-0.15, -0.1) is 0 Å². The first-order valence-electron chi connectivity index (χ1n) is 3.80. The zero-order chi connectivity index (χ0) is 11.6. The number of nitrogens with two attached hydrogens (primary N) is 1. The van der Waals surface area contributed by atoms with E-state index in [0.717, 1.165) is 0 Å². The Kier molecular flexibility index (Phi) is 3.56. The van der Waals surface area contributed by atoms with Crippen LogP contribution in [0, 0.1) is 0 Å². The molecule has 14 heavy (non-hydrogen) atoms. The molecule has 0 aliphatic carbocycles. The molecule has 0 rings (SSSR count). The minimum atomic E-state index is -4.70. The molecule has 0 atom stereocenters. The van der Waals surface area contributed by atoms with E-state index in [0.29, 0.717) is 0 Å². The second-order valence-electron chi connectivity index (χ2n) is 3.63. The number of esters is 1. The molecule has 0 spiro atoms. The van der Waals surface area contributed by atoms with Crippen molar-refractivity contribution in [2.24, 2.45) is 5.73 Å². The lowest BCUT2D eigenvalue weighted by Crippen LogP contribution is -2.26. The van der Waals surface area contributed by atoms with Gasteiger partial charge in [-0.2, -0.15) is 13.2 Å². The maximum absolute atomic E-state index is 11.8. The van der Waals surface area contributed by atoms with Gasteiger partial charge in [-0.25, -0.2) is 4.79 Å². The van der Waals surface area contributed by atoms with Crippen molar-refractivity contribution in [3.8, 4) is 0 Å². The van der Waals surface area contributed by atoms with E-state index in [1.807, 2.05) is 0 Å². The maximum atomic E-state index is 11.8. The zero-order valence-corrected chi connectivity index (χ0v) is 8.11. The Morgan fingerprint density at radius 1 is 1.29 bits per heavy atom. The normalized spacial score (nSPS) is 14.0. The van der Waals surface area contributed by atoms with Gasteiger partial charge >= 0.3 is 12.1 Å². The van der Waals surface area contributed by atoms with E-state index in [1.165, 1.54) is 0 Å². The Balaban J connectivity index is 4.46. The highest BCUT2D eigenvalue weighted by Crippen LogP contribution is 2.21. The van der Waals surface area contributed by atoms with Crippen LogP contribution in [-0.2, 0) is 9.53 Å². The van der Waals surface area contributed by atoms with Crippen molar-refractivity contribution in [3.63, 3.8) is 0 Å². The monoisotopic (exact) mass is 211 g/mol. The Labute approximate surface area is 79.7 Å². The third-order valence-electron chi connectivity index (χ3n) is 1.01. The van der Waals surface area contributed by atoms with Gasteiger partial charge in [-0.05, 0) is 20.8 Å². The Bertz CT molecular complexity index is 250. The molecular formula is C8H12F3NO2. The van der Waals surface area contributed by atoms with Crippen LogP contribution in [0.1, 0.15) is 20.8 Å². The smallest absolute Gasteiger partial charge is 0.430 e. The molecule has 0 unspecified atom stereocenters. The Morgan fingerprint density at radius 3 is 2.00 bits per heavy atom. The minimum Gasteiger partial charge on any atom is -0.457 e. The summed E-state index contributed by atoms with van der Waals surface area (Å²) in [6.07, 6.45) is -4.47. The lowest BCUT2D eigenvalue weighted by molar-refractivity contribution is -0.149. The average Bonchev–Trinajstić information content (AvgIpc) is 1.79. The highest BCUT2D eigenvalue weighted by atomic mass is 19.4. The summed E-state index contributed by atoms with van der Waals surface area (Å²) in [4.78, 5) is 10.8. The highest BCUT2D eigenvalue weighted by Gasteiger charge is 2.32. The fourth-order valence-corrected chi connectivity index (χ4v) is 0.540. The summed E-state index contributed by atoms with van der Waals surface area (Å²) >= 11 is 0. The van der Waals surface area contributed by atoms with Crippen LogP contribution in [0.2, 0.25) is 0 Å². The Morgan fingerprint density at radius 2 is 1.71 bits per heavy atom. The summed E-state index contributed by atoms with van der Waals surface area (Å²) in [5.74, 6) is -1.10. The predicted octanol–water partition coefficient (Wildman–Crippen LogP) is 1.73. The van der Waals surface area contributed by atoms with Gasteiger partial charge in [0.15, 0.2) is 0 Å². The van der Waals surface area contributed by atoms with Crippen LogP contribution < -0.4 is 5.73 Å². The molecule has 0 fully saturated rings. The molecule has 82 valence electrons. The first-order valence-corrected chi connectivity index (χ1v) is 3.80. The van der Waals surface area contributed by atoms with Crippen molar-refractivity contribution in [1.82, 2.24) is 0 Å². The molecule has 0 aromatic carbocycles. The van der Waals surface area contributed by atoms with Crippen LogP contribution in [0.25, 0.3) is 0 Å². The lowest BCUT2D eigenvalue weighted by atomic mass is 10.2. The standard InChI is InChI=1S/C8H12F3NO2/c1-7(2,3)14-6(13)4-5(12)8(9,10)11/h4H,12H2,1-3H3/b5-4+. The van der Waals surface area contributed by atoms with Crippen LogP contribution in [0.5, 0.6) is 0 Å². The number of halogens is 3. The first kappa shape index (κ1) is 12.8. The average molecular weight is 211 g/mol. The number of alkyl halides is 3. The van der Waals surface area contributed by atoms with E-state index < -0.39 is 23.4 Å². The third kappa shape index (κ3) is 5.45. The topological polar surface area (TPSA) is 52.3 Å². The van der Waals surface area contributed by atoms with Crippen molar-refractivity contribution in [2.75, 3.05) is 0 Å². The van der Waals surface area contributed by atoms with Gasteiger partial charge in [0.1, 0.15) is 11.3 Å². The van der Waals surface area contributed by atoms with Crippen LogP contribution in [0.15, 0.2) is 11.8 Å². The molecule has 0 saturated carbocycles. The van der Waals surface area contributed by atoms with Crippen molar-refractivity contribution >= 4 is 5.97 Å². The SMILES string of the molecule is CC(C)(C)OC(=O)/C=C(/N)C(F)(F)F. The molecule has 0 amide bonds. The molecule has 0 heterocycles. The summed E-state index contributed by atoms with van der Waals surface area (Å²) in [7, 11) is 0. The molecule has 6 heteroatoms. The molecule has 0 saturated heterocycles. The van der Waals surface area contributed by atoms with Gasteiger partial charge in [-0.1, -0.05) is 0 Å². The molecule has 0 radical (unpaired) electrons. The number of ether oxygens (including phenoxy) is 1. The summed E-state index contributed by atoms with van der Waals surface area (Å²) in [5.41, 5.74) is 2.31. The predicted molar refractivity (Wildman–Crippen MR) is 44.2 cm³/mol. The van der Waals surface area contributed by atoms with E-state index >= 15 is 0 Å². The molecule has 3 nitrogen and oxygen atoms in total. The second kappa shape index (κ2) is 3.89. The van der Waals surface area contributed by atoms with Gasteiger partial charge in [-0.3, -0.25) is 0 Å². The fraction of sp³-hybridized carbons (Fsp3) is 0.625. The molecule has 0 aromatic rings. The van der Waals surface area contributed by atoms with E-state index in [4.69, 9.17) is 0 Å². The third-order valence-corrected chi connectivity index (χ3v) is 1.01. The molecule has 0 aliphatic rings. The maximum Gasteiger partial charge on any atom is 0.430 e. The zero-order valence-electron chi connectivity index (χ0n) is 8.11. The van der Waals surface area contributed by atoms with Gasteiger partial charge in [0.25, 0.3) is 0 Å². The van der Waals surface area contributed by atoms with Gasteiger partial charge < -0.3 is 10.5 Å². The summed E-state index contributed by atoms with van der Waals surface area (Å²) < 4.78 is 40.1. The molecule has 0 aliphatic heterocycles. The highest BCUT2D eigenvalue weighted by molar-refractivity contribution is 5.83. The van der Waals surface area contributed by atoms with Crippen LogP contribution >= 0.6 is 0 Å². The van der Waals surface area contributed by atoms with E-state index in [2.05, 4.69) is 10.5 Å². The number of carbonyl (C=O) groups is 1. The molecule has 2 N–H and O–H groups in total. The van der Waals surface area contributed by atoms with Crippen molar-refractivity contribution in [1.29, 1.82) is 0 Å². The number of carbonyl (C=O) groups excluding carboxylic acids is 1. The summed E-state index contributed by atoms with van der Waals surface area (Å²) in [6.45, 7) is 4.63. The van der Waals surface area contributed by atoms with Crippen LogP contribution in [-0.4, -0.2) is 17.7 Å². The van der Waals surface area contributed by atoms with E-state index in [1.54, 1.807) is 20.8 Å². The molecule has 0 bridgehead atoms.